The van der Waals surface area contributed by atoms with E-state index in [0.29, 0.717) is 0 Å². The number of carbonyl (C=O) groups is 1. The third kappa shape index (κ3) is 1.95. The molecule has 0 aliphatic rings. The van der Waals surface area contributed by atoms with Crippen LogP contribution in [0.3, 0.4) is 0 Å². The van der Waals surface area contributed by atoms with Gasteiger partial charge in [0, 0.05) is 17.9 Å². The van der Waals surface area contributed by atoms with Crippen molar-refractivity contribution in [2.45, 2.75) is 34.2 Å². The van der Waals surface area contributed by atoms with Gasteiger partial charge in [-0.15, -0.1) is 0 Å². The van der Waals surface area contributed by atoms with Crippen LogP contribution in [0.1, 0.15) is 30.8 Å². The molecule has 1 aromatic heterocycles. The minimum atomic E-state index is 0.765. The van der Waals surface area contributed by atoms with E-state index in [9.17, 15) is 4.79 Å². The van der Waals surface area contributed by atoms with Crippen LogP contribution in [-0.2, 0) is 11.3 Å². The smallest absolute Gasteiger partial charge is 0.145 e. The zero-order valence-corrected chi connectivity index (χ0v) is 9.29. The lowest BCUT2D eigenvalue weighted by Crippen LogP contribution is -1.98. The monoisotopic (exact) mass is 191 g/mol. The highest BCUT2D eigenvalue weighted by molar-refractivity contribution is 5.81. The van der Waals surface area contributed by atoms with Crippen LogP contribution in [-0.4, -0.2) is 10.9 Å². The van der Waals surface area contributed by atoms with Gasteiger partial charge in [0.05, 0.1) is 0 Å². The molecule has 0 N–H and O–H groups in total. The van der Waals surface area contributed by atoms with Crippen LogP contribution in [0.4, 0.5) is 0 Å². The summed E-state index contributed by atoms with van der Waals surface area (Å²) in [5, 5.41) is 0. The number of rotatable bonds is 3. The van der Waals surface area contributed by atoms with Crippen molar-refractivity contribution < 1.29 is 4.79 Å². The van der Waals surface area contributed by atoms with E-state index in [4.69, 9.17) is 0 Å². The third-order valence-corrected chi connectivity index (χ3v) is 2.50. The molecule has 0 spiro atoms. The van der Waals surface area contributed by atoms with E-state index >= 15 is 0 Å². The van der Waals surface area contributed by atoms with Gasteiger partial charge in [0.1, 0.15) is 6.29 Å². The van der Waals surface area contributed by atoms with Crippen LogP contribution in [0.25, 0.3) is 6.08 Å². The van der Waals surface area contributed by atoms with Crippen molar-refractivity contribution in [2.75, 3.05) is 0 Å². The Labute approximate surface area is 85.2 Å². The van der Waals surface area contributed by atoms with E-state index in [-0.39, 0.29) is 0 Å². The van der Waals surface area contributed by atoms with Crippen molar-refractivity contribution >= 4 is 12.4 Å². The zero-order chi connectivity index (χ0) is 10.7. The second-order valence-corrected chi connectivity index (χ2v) is 3.58. The molecule has 0 radical (unpaired) electrons. The molecule has 0 saturated carbocycles. The number of hydrogen-bond acceptors (Lipinski definition) is 1. The molecule has 2 nitrogen and oxygen atoms in total. The molecule has 0 saturated heterocycles. The molecule has 0 fully saturated rings. The molecule has 1 rings (SSSR count). The first-order valence-electron chi connectivity index (χ1n) is 4.90. The lowest BCUT2D eigenvalue weighted by Gasteiger charge is -2.04. The number of aromatic nitrogens is 1. The van der Waals surface area contributed by atoms with Gasteiger partial charge in [-0.05, 0) is 51.0 Å². The maximum Gasteiger partial charge on any atom is 0.145 e. The second kappa shape index (κ2) is 4.27. The van der Waals surface area contributed by atoms with E-state index in [1.54, 1.807) is 0 Å². The van der Waals surface area contributed by atoms with Crippen LogP contribution in [0, 0.1) is 13.8 Å². The van der Waals surface area contributed by atoms with Crippen molar-refractivity contribution in [3.05, 3.63) is 28.6 Å². The topological polar surface area (TPSA) is 22.0 Å². The van der Waals surface area contributed by atoms with Crippen molar-refractivity contribution in [1.29, 1.82) is 0 Å². The highest BCUT2D eigenvalue weighted by Crippen LogP contribution is 2.17. The third-order valence-electron chi connectivity index (χ3n) is 2.50. The SMILES string of the molecule is CCn1c(C)cc(C=C(C)C=O)c1C. The standard InChI is InChI=1S/C12H17NO/c1-5-13-10(3)7-12(11(13)4)6-9(2)8-14/h6-8H,5H2,1-4H3. The molecule has 2 heteroatoms. The van der Waals surface area contributed by atoms with E-state index in [0.717, 1.165) is 24.0 Å². The fraction of sp³-hybridized carbons (Fsp3) is 0.417. The second-order valence-electron chi connectivity index (χ2n) is 3.58. The van der Waals surface area contributed by atoms with Crippen molar-refractivity contribution in [3.8, 4) is 0 Å². The van der Waals surface area contributed by atoms with E-state index < -0.39 is 0 Å². The van der Waals surface area contributed by atoms with E-state index in [1.165, 1.54) is 11.4 Å². The Morgan fingerprint density at radius 1 is 1.50 bits per heavy atom. The Balaban J connectivity index is 3.18. The summed E-state index contributed by atoms with van der Waals surface area (Å²) < 4.78 is 2.24. The summed E-state index contributed by atoms with van der Waals surface area (Å²) in [4.78, 5) is 10.5. The number of hydrogen-bond donors (Lipinski definition) is 0. The first kappa shape index (κ1) is 10.8. The Morgan fingerprint density at radius 3 is 2.57 bits per heavy atom. The number of allylic oxidation sites excluding steroid dienone is 1. The first-order chi connectivity index (χ1) is 6.60. The number of aryl methyl sites for hydroxylation is 1. The average molecular weight is 191 g/mol. The summed E-state index contributed by atoms with van der Waals surface area (Å²) in [7, 11) is 0. The highest BCUT2D eigenvalue weighted by Gasteiger charge is 2.05. The quantitative estimate of drug-likeness (QED) is 0.532. The minimum absolute atomic E-state index is 0.765. The minimum Gasteiger partial charge on any atom is -0.349 e. The molecule has 0 bridgehead atoms. The lowest BCUT2D eigenvalue weighted by atomic mass is 10.2. The predicted octanol–water partition coefficient (Wildman–Crippen LogP) is 2.73. The highest BCUT2D eigenvalue weighted by atomic mass is 16.1. The number of nitrogens with zero attached hydrogens (tertiary/aromatic N) is 1. The molecular weight excluding hydrogens is 174 g/mol. The van der Waals surface area contributed by atoms with Crippen LogP contribution >= 0.6 is 0 Å². The zero-order valence-electron chi connectivity index (χ0n) is 9.29. The summed E-state index contributed by atoms with van der Waals surface area (Å²) >= 11 is 0. The molecular formula is C12H17NO. The number of carbonyl (C=O) groups excluding carboxylic acids is 1. The van der Waals surface area contributed by atoms with E-state index in [1.807, 2.05) is 13.0 Å². The van der Waals surface area contributed by atoms with Gasteiger partial charge in [-0.25, -0.2) is 0 Å². The van der Waals surface area contributed by atoms with Gasteiger partial charge in [-0.2, -0.15) is 0 Å². The van der Waals surface area contributed by atoms with Gasteiger partial charge >= 0.3 is 0 Å². The fourth-order valence-corrected chi connectivity index (χ4v) is 1.74. The van der Waals surface area contributed by atoms with Gasteiger partial charge in [0.25, 0.3) is 0 Å². The molecule has 14 heavy (non-hydrogen) atoms. The van der Waals surface area contributed by atoms with Crippen molar-refractivity contribution in [3.63, 3.8) is 0 Å². The summed E-state index contributed by atoms with van der Waals surface area (Å²) in [6, 6.07) is 2.12. The largest absolute Gasteiger partial charge is 0.349 e. The van der Waals surface area contributed by atoms with Gasteiger partial charge in [-0.1, -0.05) is 0 Å². The Hall–Kier alpha value is -1.31. The van der Waals surface area contributed by atoms with Crippen LogP contribution in [0.2, 0.25) is 0 Å². The normalized spacial score (nSPS) is 11.9. The van der Waals surface area contributed by atoms with Crippen LogP contribution < -0.4 is 0 Å². The maximum absolute atomic E-state index is 10.5. The summed E-state index contributed by atoms with van der Waals surface area (Å²) in [6.07, 6.45) is 2.82. The summed E-state index contributed by atoms with van der Waals surface area (Å²) in [6.45, 7) is 9.10. The molecule has 1 aromatic rings. The fourth-order valence-electron chi connectivity index (χ4n) is 1.74. The number of aldehydes is 1. The van der Waals surface area contributed by atoms with Crippen molar-refractivity contribution in [2.24, 2.45) is 0 Å². The molecule has 0 aliphatic carbocycles. The van der Waals surface area contributed by atoms with E-state index in [2.05, 4.69) is 31.4 Å². The molecule has 1 heterocycles. The molecule has 0 atom stereocenters. The van der Waals surface area contributed by atoms with Gasteiger partial charge in [-0.3, -0.25) is 4.79 Å². The maximum atomic E-state index is 10.5. The predicted molar refractivity (Wildman–Crippen MR) is 59.3 cm³/mol. The Bertz CT molecular complexity index is 372. The molecule has 0 amide bonds. The Kier molecular flexibility index (Phi) is 3.28. The van der Waals surface area contributed by atoms with Crippen molar-refractivity contribution in [1.82, 2.24) is 4.57 Å². The Morgan fingerprint density at radius 2 is 2.14 bits per heavy atom. The first-order valence-corrected chi connectivity index (χ1v) is 4.90. The van der Waals surface area contributed by atoms with Gasteiger partial charge < -0.3 is 4.57 Å². The van der Waals surface area contributed by atoms with Crippen LogP contribution in [0.5, 0.6) is 0 Å². The van der Waals surface area contributed by atoms with Gasteiger partial charge in [0.2, 0.25) is 0 Å². The molecule has 0 unspecified atom stereocenters. The summed E-state index contributed by atoms with van der Waals surface area (Å²) in [5.41, 5.74) is 4.39. The molecule has 0 aliphatic heterocycles. The molecule has 0 aromatic carbocycles. The summed E-state index contributed by atoms with van der Waals surface area (Å²) in [5.74, 6) is 0. The molecule has 76 valence electrons. The van der Waals surface area contributed by atoms with Gasteiger partial charge in [0.15, 0.2) is 0 Å². The average Bonchev–Trinajstić information content (AvgIpc) is 2.42. The lowest BCUT2D eigenvalue weighted by molar-refractivity contribution is -0.104. The van der Waals surface area contributed by atoms with Crippen LogP contribution in [0.15, 0.2) is 11.6 Å².